The zero-order valence-corrected chi connectivity index (χ0v) is 11.7. The van der Waals surface area contributed by atoms with Gasteiger partial charge in [-0.05, 0) is 38.5 Å². The number of rotatable bonds is 4. The second-order valence-corrected chi connectivity index (χ2v) is 6.13. The lowest BCUT2D eigenvalue weighted by molar-refractivity contribution is 0.456. The minimum Gasteiger partial charge on any atom is -0.368 e. The standard InChI is InChI=1S/C14H23N5/c1-9(2)18-13-5-14(17-8-16-13)19-6-11(10-3-4-10)12(15)7-19/h5,8-12H,3-4,6-7,15H2,1-2H3,(H,16,17,18)/t11-,12+/m1/s1. The molecular weight excluding hydrogens is 238 g/mol. The summed E-state index contributed by atoms with van der Waals surface area (Å²) < 4.78 is 0. The third-order valence-corrected chi connectivity index (χ3v) is 4.05. The highest BCUT2D eigenvalue weighted by atomic mass is 15.2. The van der Waals surface area contributed by atoms with Crippen molar-refractivity contribution in [2.45, 2.75) is 38.8 Å². The van der Waals surface area contributed by atoms with Gasteiger partial charge in [0.25, 0.3) is 0 Å². The maximum absolute atomic E-state index is 6.27. The lowest BCUT2D eigenvalue weighted by Crippen LogP contribution is -2.30. The highest BCUT2D eigenvalue weighted by molar-refractivity contribution is 5.49. The average Bonchev–Trinajstić information content (AvgIpc) is 3.12. The van der Waals surface area contributed by atoms with Crippen molar-refractivity contribution < 1.29 is 0 Å². The molecule has 1 aromatic rings. The predicted octanol–water partition coefficient (Wildman–Crippen LogP) is 1.47. The van der Waals surface area contributed by atoms with Crippen molar-refractivity contribution in [2.75, 3.05) is 23.3 Å². The fraction of sp³-hybridized carbons (Fsp3) is 0.714. The molecule has 1 saturated carbocycles. The smallest absolute Gasteiger partial charge is 0.134 e. The minimum atomic E-state index is 0.295. The Labute approximate surface area is 114 Å². The molecule has 2 aliphatic rings. The molecule has 3 N–H and O–H groups in total. The molecule has 3 rings (SSSR count). The monoisotopic (exact) mass is 261 g/mol. The van der Waals surface area contributed by atoms with Crippen LogP contribution in [-0.4, -0.2) is 35.1 Å². The van der Waals surface area contributed by atoms with Gasteiger partial charge in [-0.3, -0.25) is 0 Å². The number of hydrogen-bond acceptors (Lipinski definition) is 5. The van der Waals surface area contributed by atoms with Crippen LogP contribution in [0.3, 0.4) is 0 Å². The highest BCUT2D eigenvalue weighted by Gasteiger charge is 2.41. The van der Waals surface area contributed by atoms with Crippen molar-refractivity contribution in [3.05, 3.63) is 12.4 Å². The first-order valence-electron chi connectivity index (χ1n) is 7.22. The van der Waals surface area contributed by atoms with Gasteiger partial charge in [-0.1, -0.05) is 0 Å². The van der Waals surface area contributed by atoms with Gasteiger partial charge >= 0.3 is 0 Å². The lowest BCUT2D eigenvalue weighted by atomic mass is 9.99. The minimum absolute atomic E-state index is 0.295. The Morgan fingerprint density at radius 3 is 2.79 bits per heavy atom. The van der Waals surface area contributed by atoms with Crippen LogP contribution in [-0.2, 0) is 0 Å². The summed E-state index contributed by atoms with van der Waals surface area (Å²) in [5.41, 5.74) is 6.27. The Bertz CT molecular complexity index is 443. The number of nitrogens with one attached hydrogen (secondary N) is 1. The zero-order chi connectivity index (χ0) is 13.4. The van der Waals surface area contributed by atoms with Crippen molar-refractivity contribution in [1.82, 2.24) is 9.97 Å². The normalized spacial score (nSPS) is 27.1. The molecule has 2 fully saturated rings. The molecule has 0 unspecified atom stereocenters. The quantitative estimate of drug-likeness (QED) is 0.859. The fourth-order valence-electron chi connectivity index (χ4n) is 2.96. The van der Waals surface area contributed by atoms with E-state index in [1.54, 1.807) is 6.33 Å². The SMILES string of the molecule is CC(C)Nc1cc(N2C[C@H](C3CC3)[C@@H](N)C2)ncn1. The maximum atomic E-state index is 6.27. The first-order valence-corrected chi connectivity index (χ1v) is 7.22. The molecule has 0 bridgehead atoms. The van der Waals surface area contributed by atoms with Crippen molar-refractivity contribution >= 4 is 11.6 Å². The van der Waals surface area contributed by atoms with Gasteiger partial charge in [0.05, 0.1) is 0 Å². The molecule has 0 amide bonds. The molecule has 5 heteroatoms. The molecular formula is C14H23N5. The largest absolute Gasteiger partial charge is 0.368 e. The summed E-state index contributed by atoms with van der Waals surface area (Å²) >= 11 is 0. The van der Waals surface area contributed by atoms with Crippen LogP contribution < -0.4 is 16.0 Å². The zero-order valence-electron chi connectivity index (χ0n) is 11.7. The van der Waals surface area contributed by atoms with Crippen molar-refractivity contribution in [1.29, 1.82) is 0 Å². The molecule has 1 aliphatic carbocycles. The summed E-state index contributed by atoms with van der Waals surface area (Å²) in [5, 5.41) is 3.32. The van der Waals surface area contributed by atoms with Crippen LogP contribution in [0.2, 0.25) is 0 Å². The third-order valence-electron chi connectivity index (χ3n) is 4.05. The number of aromatic nitrogens is 2. The molecule has 5 nitrogen and oxygen atoms in total. The molecule has 0 spiro atoms. The molecule has 2 atom stereocenters. The number of nitrogens with two attached hydrogens (primary N) is 1. The van der Waals surface area contributed by atoms with E-state index in [1.165, 1.54) is 12.8 Å². The number of hydrogen-bond donors (Lipinski definition) is 2. The summed E-state index contributed by atoms with van der Waals surface area (Å²) in [6.07, 6.45) is 4.35. The average molecular weight is 261 g/mol. The summed E-state index contributed by atoms with van der Waals surface area (Å²) in [4.78, 5) is 11.0. The van der Waals surface area contributed by atoms with Crippen molar-refractivity contribution in [3.63, 3.8) is 0 Å². The Morgan fingerprint density at radius 1 is 1.32 bits per heavy atom. The predicted molar refractivity (Wildman–Crippen MR) is 77.2 cm³/mol. The van der Waals surface area contributed by atoms with E-state index in [-0.39, 0.29) is 0 Å². The van der Waals surface area contributed by atoms with Crippen LogP contribution in [0.1, 0.15) is 26.7 Å². The van der Waals surface area contributed by atoms with Gasteiger partial charge in [0.2, 0.25) is 0 Å². The second-order valence-electron chi connectivity index (χ2n) is 6.13. The van der Waals surface area contributed by atoms with E-state index < -0.39 is 0 Å². The lowest BCUT2D eigenvalue weighted by Gasteiger charge is -2.18. The van der Waals surface area contributed by atoms with Crippen LogP contribution in [0.15, 0.2) is 12.4 Å². The van der Waals surface area contributed by atoms with E-state index in [1.807, 2.05) is 6.07 Å². The Hall–Kier alpha value is -1.36. The Kier molecular flexibility index (Phi) is 3.31. The van der Waals surface area contributed by atoms with Gasteiger partial charge < -0.3 is 16.0 Å². The molecule has 1 aromatic heterocycles. The number of nitrogens with zero attached hydrogens (tertiary/aromatic N) is 3. The van der Waals surface area contributed by atoms with E-state index in [2.05, 4.69) is 34.0 Å². The van der Waals surface area contributed by atoms with Gasteiger partial charge in [0.1, 0.15) is 18.0 Å². The van der Waals surface area contributed by atoms with Gasteiger partial charge in [0.15, 0.2) is 0 Å². The highest BCUT2D eigenvalue weighted by Crippen LogP contribution is 2.41. The van der Waals surface area contributed by atoms with Crippen molar-refractivity contribution in [3.8, 4) is 0 Å². The Morgan fingerprint density at radius 2 is 2.11 bits per heavy atom. The van der Waals surface area contributed by atoms with Crippen LogP contribution in [0, 0.1) is 11.8 Å². The van der Waals surface area contributed by atoms with E-state index in [0.717, 1.165) is 30.6 Å². The summed E-state index contributed by atoms with van der Waals surface area (Å²) in [6, 6.07) is 2.70. The second kappa shape index (κ2) is 4.96. The van der Waals surface area contributed by atoms with Crippen molar-refractivity contribution in [2.24, 2.45) is 17.6 Å². The third kappa shape index (κ3) is 2.81. The molecule has 1 saturated heterocycles. The summed E-state index contributed by atoms with van der Waals surface area (Å²) in [7, 11) is 0. The van der Waals surface area contributed by atoms with Crippen LogP contribution in [0.5, 0.6) is 0 Å². The van der Waals surface area contributed by atoms with Crippen LogP contribution in [0.25, 0.3) is 0 Å². The van der Waals surface area contributed by atoms with E-state index >= 15 is 0 Å². The molecule has 19 heavy (non-hydrogen) atoms. The Balaban J connectivity index is 1.71. The van der Waals surface area contributed by atoms with E-state index in [9.17, 15) is 0 Å². The maximum Gasteiger partial charge on any atom is 0.134 e. The van der Waals surface area contributed by atoms with Crippen LogP contribution >= 0.6 is 0 Å². The van der Waals surface area contributed by atoms with E-state index in [4.69, 9.17) is 5.73 Å². The summed E-state index contributed by atoms with van der Waals surface area (Å²) in [5.74, 6) is 3.40. The molecule has 0 radical (unpaired) electrons. The molecule has 1 aliphatic heterocycles. The molecule has 104 valence electrons. The molecule has 0 aromatic carbocycles. The van der Waals surface area contributed by atoms with Crippen LogP contribution in [0.4, 0.5) is 11.6 Å². The van der Waals surface area contributed by atoms with Gasteiger partial charge in [-0.25, -0.2) is 9.97 Å². The topological polar surface area (TPSA) is 67.1 Å². The van der Waals surface area contributed by atoms with Gasteiger partial charge in [0, 0.05) is 31.2 Å². The fourth-order valence-corrected chi connectivity index (χ4v) is 2.96. The number of anilines is 2. The first-order chi connectivity index (χ1) is 9.13. The van der Waals surface area contributed by atoms with Gasteiger partial charge in [-0.2, -0.15) is 0 Å². The van der Waals surface area contributed by atoms with E-state index in [0.29, 0.717) is 18.0 Å². The van der Waals surface area contributed by atoms with Gasteiger partial charge in [-0.15, -0.1) is 0 Å². The first kappa shape index (κ1) is 12.7. The summed E-state index contributed by atoms with van der Waals surface area (Å²) in [6.45, 7) is 6.18. The molecule has 2 heterocycles.